The summed E-state index contributed by atoms with van der Waals surface area (Å²) in [6, 6.07) is 1.80. The van der Waals surface area contributed by atoms with E-state index in [9.17, 15) is 4.79 Å². The molecular weight excluding hydrogens is 232 g/mol. The van der Waals surface area contributed by atoms with Crippen LogP contribution in [-0.4, -0.2) is 48.7 Å². The van der Waals surface area contributed by atoms with E-state index in [2.05, 4.69) is 14.9 Å². The lowest BCUT2D eigenvalue weighted by Crippen LogP contribution is -2.37. The molecule has 0 unspecified atom stereocenters. The molecule has 96 valence electrons. The molecule has 18 heavy (non-hydrogen) atoms. The minimum Gasteiger partial charge on any atom is -0.378 e. The zero-order valence-corrected chi connectivity index (χ0v) is 10.2. The summed E-state index contributed by atoms with van der Waals surface area (Å²) in [7, 11) is 0. The summed E-state index contributed by atoms with van der Waals surface area (Å²) in [5, 5.41) is 0. The Labute approximate surface area is 106 Å². The van der Waals surface area contributed by atoms with Crippen molar-refractivity contribution in [2.45, 2.75) is 12.8 Å². The van der Waals surface area contributed by atoms with Gasteiger partial charge < -0.3 is 9.64 Å². The molecule has 2 fully saturated rings. The van der Waals surface area contributed by atoms with E-state index in [-0.39, 0.29) is 5.91 Å². The summed E-state index contributed by atoms with van der Waals surface area (Å²) >= 11 is 0. The van der Waals surface area contributed by atoms with Crippen LogP contribution in [0.5, 0.6) is 0 Å². The van der Waals surface area contributed by atoms with Gasteiger partial charge >= 0.3 is 0 Å². The van der Waals surface area contributed by atoms with Gasteiger partial charge in [0.15, 0.2) is 0 Å². The Hall–Kier alpha value is -1.69. The largest absolute Gasteiger partial charge is 0.378 e. The highest BCUT2D eigenvalue weighted by Gasteiger charge is 2.24. The van der Waals surface area contributed by atoms with Gasteiger partial charge in [0.25, 0.3) is 0 Å². The smallest absolute Gasteiger partial charge is 0.228 e. The van der Waals surface area contributed by atoms with E-state index in [1.807, 2.05) is 0 Å². The van der Waals surface area contributed by atoms with E-state index in [0.717, 1.165) is 26.1 Å². The van der Waals surface area contributed by atoms with E-state index in [4.69, 9.17) is 4.74 Å². The third-order valence-electron chi connectivity index (χ3n) is 3.27. The van der Waals surface area contributed by atoms with Crippen LogP contribution in [-0.2, 0) is 9.53 Å². The zero-order chi connectivity index (χ0) is 12.4. The Bertz CT molecular complexity index is 445. The highest BCUT2D eigenvalue weighted by Crippen LogP contribution is 2.20. The number of nitrogens with zero attached hydrogens (tertiary/aromatic N) is 4. The molecule has 0 atom stereocenters. The number of rotatable bonds is 2. The summed E-state index contributed by atoms with van der Waals surface area (Å²) in [6.45, 7) is 3.78. The lowest BCUT2D eigenvalue weighted by atomic mass is 10.4. The van der Waals surface area contributed by atoms with Crippen molar-refractivity contribution < 1.29 is 9.53 Å². The van der Waals surface area contributed by atoms with E-state index >= 15 is 0 Å². The number of morpholine rings is 1. The third kappa shape index (κ3) is 2.15. The third-order valence-corrected chi connectivity index (χ3v) is 3.27. The van der Waals surface area contributed by atoms with Gasteiger partial charge in [-0.2, -0.15) is 4.98 Å². The maximum absolute atomic E-state index is 11.7. The Balaban J connectivity index is 1.82. The van der Waals surface area contributed by atoms with Gasteiger partial charge in [-0.15, -0.1) is 0 Å². The fourth-order valence-electron chi connectivity index (χ4n) is 2.30. The molecule has 0 bridgehead atoms. The van der Waals surface area contributed by atoms with Gasteiger partial charge in [-0.05, 0) is 12.5 Å². The first-order valence-electron chi connectivity index (χ1n) is 6.31. The molecule has 3 rings (SSSR count). The molecule has 3 heterocycles. The lowest BCUT2D eigenvalue weighted by Gasteiger charge is -2.27. The topological polar surface area (TPSA) is 58.6 Å². The van der Waals surface area contributed by atoms with Crippen LogP contribution in [0.25, 0.3) is 0 Å². The Kier molecular flexibility index (Phi) is 3.10. The Morgan fingerprint density at radius 3 is 2.78 bits per heavy atom. The summed E-state index contributed by atoms with van der Waals surface area (Å²) in [5.41, 5.74) is 0. The van der Waals surface area contributed by atoms with Crippen molar-refractivity contribution in [2.24, 2.45) is 0 Å². The molecule has 1 aromatic heterocycles. The molecule has 6 heteroatoms. The van der Waals surface area contributed by atoms with Crippen LogP contribution in [0.2, 0.25) is 0 Å². The van der Waals surface area contributed by atoms with Crippen LogP contribution >= 0.6 is 0 Å². The molecule has 0 aromatic carbocycles. The maximum atomic E-state index is 11.7. The second kappa shape index (κ2) is 4.89. The van der Waals surface area contributed by atoms with Crippen molar-refractivity contribution in [3.8, 4) is 0 Å². The first-order valence-corrected chi connectivity index (χ1v) is 6.31. The highest BCUT2D eigenvalue weighted by atomic mass is 16.5. The van der Waals surface area contributed by atoms with Gasteiger partial charge in [0.1, 0.15) is 5.82 Å². The van der Waals surface area contributed by atoms with Crippen molar-refractivity contribution in [2.75, 3.05) is 42.6 Å². The van der Waals surface area contributed by atoms with Crippen LogP contribution in [0.3, 0.4) is 0 Å². The molecular formula is C12H16N4O2. The molecule has 2 saturated heterocycles. The average molecular weight is 248 g/mol. The molecule has 2 aliphatic heterocycles. The number of aromatic nitrogens is 2. The Morgan fingerprint density at radius 1 is 1.22 bits per heavy atom. The number of carbonyl (C=O) groups excluding carboxylic acids is 1. The quantitative estimate of drug-likeness (QED) is 0.760. The summed E-state index contributed by atoms with van der Waals surface area (Å²) in [4.78, 5) is 24.3. The van der Waals surface area contributed by atoms with E-state index in [0.29, 0.717) is 31.4 Å². The summed E-state index contributed by atoms with van der Waals surface area (Å²) in [6.07, 6.45) is 3.26. The normalized spacial score (nSPS) is 20.6. The molecule has 0 radical (unpaired) electrons. The molecule has 2 aliphatic rings. The van der Waals surface area contributed by atoms with Gasteiger partial charge in [0.2, 0.25) is 11.9 Å². The lowest BCUT2D eigenvalue weighted by molar-refractivity contribution is -0.117. The first kappa shape index (κ1) is 11.4. The zero-order valence-electron chi connectivity index (χ0n) is 10.2. The van der Waals surface area contributed by atoms with Crippen molar-refractivity contribution in [3.05, 3.63) is 12.3 Å². The van der Waals surface area contributed by atoms with E-state index in [1.165, 1.54) is 0 Å². The van der Waals surface area contributed by atoms with Gasteiger partial charge in [-0.1, -0.05) is 0 Å². The summed E-state index contributed by atoms with van der Waals surface area (Å²) in [5.74, 6) is 1.56. The van der Waals surface area contributed by atoms with Crippen LogP contribution in [0, 0.1) is 0 Å². The second-order valence-electron chi connectivity index (χ2n) is 4.46. The van der Waals surface area contributed by atoms with Crippen molar-refractivity contribution >= 4 is 17.7 Å². The minimum absolute atomic E-state index is 0.154. The maximum Gasteiger partial charge on any atom is 0.228 e. The average Bonchev–Trinajstić information content (AvgIpc) is 2.86. The van der Waals surface area contributed by atoms with E-state index < -0.39 is 0 Å². The predicted molar refractivity (Wildman–Crippen MR) is 66.7 cm³/mol. The molecule has 0 aliphatic carbocycles. The molecule has 0 spiro atoms. The molecule has 6 nitrogen and oxygen atoms in total. The number of hydrogen-bond acceptors (Lipinski definition) is 5. The van der Waals surface area contributed by atoms with Gasteiger partial charge in [0.05, 0.1) is 13.2 Å². The van der Waals surface area contributed by atoms with Crippen LogP contribution in [0.1, 0.15) is 12.8 Å². The van der Waals surface area contributed by atoms with Crippen molar-refractivity contribution in [1.82, 2.24) is 9.97 Å². The number of ether oxygens (including phenoxy) is 1. The van der Waals surface area contributed by atoms with Crippen LogP contribution in [0.15, 0.2) is 12.3 Å². The van der Waals surface area contributed by atoms with E-state index in [1.54, 1.807) is 17.2 Å². The molecule has 0 saturated carbocycles. The van der Waals surface area contributed by atoms with Crippen LogP contribution in [0.4, 0.5) is 11.8 Å². The summed E-state index contributed by atoms with van der Waals surface area (Å²) < 4.78 is 5.31. The number of anilines is 2. The standard InChI is InChI=1S/C12H16N4O2/c17-11-2-1-5-16(11)10-3-4-13-12(14-10)15-6-8-18-9-7-15/h3-4H,1-2,5-9H2. The number of amides is 1. The first-order chi connectivity index (χ1) is 8.84. The minimum atomic E-state index is 0.154. The molecule has 0 N–H and O–H groups in total. The van der Waals surface area contributed by atoms with Crippen molar-refractivity contribution in [3.63, 3.8) is 0 Å². The molecule has 1 amide bonds. The predicted octanol–water partition coefficient (Wildman–Crippen LogP) is 0.440. The second-order valence-corrected chi connectivity index (χ2v) is 4.46. The Morgan fingerprint density at radius 2 is 2.06 bits per heavy atom. The van der Waals surface area contributed by atoms with Crippen LogP contribution < -0.4 is 9.80 Å². The monoisotopic (exact) mass is 248 g/mol. The molecule has 1 aromatic rings. The highest BCUT2D eigenvalue weighted by molar-refractivity contribution is 5.94. The van der Waals surface area contributed by atoms with Gasteiger partial charge in [-0.3, -0.25) is 9.69 Å². The fourth-order valence-corrected chi connectivity index (χ4v) is 2.30. The fraction of sp³-hybridized carbons (Fsp3) is 0.583. The van der Waals surface area contributed by atoms with Gasteiger partial charge in [0, 0.05) is 32.3 Å². The number of carbonyl (C=O) groups is 1. The number of hydrogen-bond donors (Lipinski definition) is 0. The van der Waals surface area contributed by atoms with Crippen molar-refractivity contribution in [1.29, 1.82) is 0 Å². The van der Waals surface area contributed by atoms with Gasteiger partial charge in [-0.25, -0.2) is 4.98 Å². The SMILES string of the molecule is O=C1CCCN1c1ccnc(N2CCOCC2)n1.